The highest BCUT2D eigenvalue weighted by molar-refractivity contribution is 7.99. The van der Waals surface area contributed by atoms with Gasteiger partial charge in [-0.05, 0) is 85.4 Å². The zero-order valence-corrected chi connectivity index (χ0v) is 22.8. The predicted octanol–water partition coefficient (Wildman–Crippen LogP) is 6.39. The topological polar surface area (TPSA) is 55.8 Å². The van der Waals surface area contributed by atoms with Crippen LogP contribution in [-0.2, 0) is 5.41 Å². The second-order valence-electron chi connectivity index (χ2n) is 12.0. The molecule has 2 saturated carbocycles. The number of fused-ring (bicyclic) bond motifs is 2. The van der Waals surface area contributed by atoms with Gasteiger partial charge >= 0.3 is 0 Å². The predicted molar refractivity (Wildman–Crippen MR) is 149 cm³/mol. The number of rotatable bonds is 6. The quantitative estimate of drug-likeness (QED) is 0.415. The van der Waals surface area contributed by atoms with Crippen molar-refractivity contribution in [3.8, 4) is 0 Å². The molecule has 5 nitrogen and oxygen atoms in total. The first-order valence-electron chi connectivity index (χ1n) is 13.9. The summed E-state index contributed by atoms with van der Waals surface area (Å²) in [6.07, 6.45) is 8.21. The number of nitrogens with zero attached hydrogens (tertiary/aromatic N) is 2. The van der Waals surface area contributed by atoms with Crippen LogP contribution >= 0.6 is 11.9 Å². The van der Waals surface area contributed by atoms with Crippen molar-refractivity contribution in [3.63, 3.8) is 0 Å². The molecule has 0 aromatic heterocycles. The van der Waals surface area contributed by atoms with E-state index in [1.54, 1.807) is 18.0 Å². The van der Waals surface area contributed by atoms with Gasteiger partial charge in [0.05, 0.1) is 6.10 Å². The third-order valence-electron chi connectivity index (χ3n) is 9.55. The summed E-state index contributed by atoms with van der Waals surface area (Å²) in [4.78, 5) is 17.8. The van der Waals surface area contributed by atoms with Crippen LogP contribution in [0.1, 0.15) is 79.0 Å². The van der Waals surface area contributed by atoms with Crippen molar-refractivity contribution in [2.45, 2.75) is 68.8 Å². The Labute approximate surface area is 228 Å². The summed E-state index contributed by atoms with van der Waals surface area (Å²) in [5, 5.41) is 10.9. The lowest BCUT2D eigenvalue weighted by Crippen LogP contribution is -2.41. The monoisotopic (exact) mass is 541 g/mol. The number of piperidine rings is 1. The summed E-state index contributed by atoms with van der Waals surface area (Å²) >= 11 is 1.57. The maximum absolute atomic E-state index is 14.0. The number of carbonyl (C=O) groups excluding carboxylic acids is 1. The molecule has 2 aliphatic heterocycles. The van der Waals surface area contributed by atoms with Crippen molar-refractivity contribution in [2.75, 3.05) is 42.1 Å². The molecule has 2 aromatic carbocycles. The van der Waals surface area contributed by atoms with Gasteiger partial charge in [-0.3, -0.25) is 9.69 Å². The van der Waals surface area contributed by atoms with E-state index >= 15 is 0 Å². The van der Waals surface area contributed by atoms with Crippen LogP contribution in [0, 0.1) is 5.41 Å². The Kier molecular flexibility index (Phi) is 6.72. The van der Waals surface area contributed by atoms with Crippen molar-refractivity contribution >= 4 is 29.2 Å². The average molecular weight is 542 g/mol. The Balaban J connectivity index is 1.22. The number of aliphatic hydroxyl groups is 1. The zero-order valence-electron chi connectivity index (χ0n) is 22.0. The Morgan fingerprint density at radius 3 is 2.42 bits per heavy atom. The normalized spacial score (nSPS) is 23.8. The van der Waals surface area contributed by atoms with E-state index in [4.69, 9.17) is 0 Å². The van der Waals surface area contributed by atoms with Gasteiger partial charge < -0.3 is 14.7 Å². The smallest absolute Gasteiger partial charge is 0.258 e. The molecule has 0 radical (unpaired) electrons. The molecule has 1 saturated heterocycles. The molecule has 204 valence electrons. The summed E-state index contributed by atoms with van der Waals surface area (Å²) in [6, 6.07) is 13.6. The summed E-state index contributed by atoms with van der Waals surface area (Å²) in [6.45, 7) is 1.51. The minimum absolute atomic E-state index is 0.0115. The maximum atomic E-state index is 14.0. The fourth-order valence-electron chi connectivity index (χ4n) is 6.84. The molecule has 3 fully saturated rings. The first-order valence-corrected chi connectivity index (χ1v) is 15.1. The van der Waals surface area contributed by atoms with E-state index in [0.29, 0.717) is 23.1 Å². The average Bonchev–Trinajstić information content (AvgIpc) is 3.61. The minimum atomic E-state index is -2.61. The van der Waals surface area contributed by atoms with Crippen molar-refractivity contribution < 1.29 is 18.7 Å². The third-order valence-corrected chi connectivity index (χ3v) is 9.99. The van der Waals surface area contributed by atoms with Gasteiger partial charge in [0.15, 0.2) is 0 Å². The molecule has 4 aliphatic rings. The molecule has 38 heavy (non-hydrogen) atoms. The van der Waals surface area contributed by atoms with Crippen LogP contribution < -0.4 is 9.62 Å². The molecule has 1 atom stereocenters. The maximum Gasteiger partial charge on any atom is 0.258 e. The van der Waals surface area contributed by atoms with Crippen LogP contribution in [0.5, 0.6) is 0 Å². The third kappa shape index (κ3) is 4.95. The number of hydrogen-bond acceptors (Lipinski definition) is 5. The standard InChI is InChI=1S/C30H37F2N3O2S/c1-38-33-23-5-6-25-24(18-23)29(11-9-28(7-8-28)10-12-29)20-35(25)27(37)22-4-2-3-21(17-22)26(36)19-34-15-13-30(31,32)14-16-34/h2-6,17-18,26,33,36H,7-16,19-20H2,1H3. The fraction of sp³-hybridized carbons (Fsp3) is 0.567. The van der Waals surface area contributed by atoms with Gasteiger partial charge in [-0.25, -0.2) is 8.78 Å². The number of benzene rings is 2. The van der Waals surface area contributed by atoms with Gasteiger partial charge in [-0.2, -0.15) is 0 Å². The largest absolute Gasteiger partial charge is 0.387 e. The van der Waals surface area contributed by atoms with E-state index in [2.05, 4.69) is 16.9 Å². The van der Waals surface area contributed by atoms with Gasteiger partial charge in [-0.15, -0.1) is 0 Å². The number of halogens is 2. The number of aliphatic hydroxyl groups excluding tert-OH is 1. The number of hydrogen-bond donors (Lipinski definition) is 2. The summed E-state index contributed by atoms with van der Waals surface area (Å²) < 4.78 is 30.4. The van der Waals surface area contributed by atoms with Crippen LogP contribution in [0.25, 0.3) is 0 Å². The molecule has 0 bridgehead atoms. The van der Waals surface area contributed by atoms with Crippen molar-refractivity contribution in [3.05, 3.63) is 59.2 Å². The molecule has 2 N–H and O–H groups in total. The number of anilines is 2. The molecule has 2 aliphatic carbocycles. The second-order valence-corrected chi connectivity index (χ2v) is 12.6. The highest BCUT2D eigenvalue weighted by Gasteiger charge is 2.53. The van der Waals surface area contributed by atoms with E-state index in [-0.39, 0.29) is 43.8 Å². The lowest BCUT2D eigenvalue weighted by Gasteiger charge is -2.38. The number of likely N-dealkylation sites (tertiary alicyclic amines) is 1. The molecule has 2 spiro atoms. The SMILES string of the molecule is CSNc1ccc2c(c1)C1(CCC3(CC3)CC1)CN2C(=O)c1cccc(C(O)CN2CCC(F)(F)CC2)c1. The summed E-state index contributed by atoms with van der Waals surface area (Å²) in [5.74, 6) is -2.66. The van der Waals surface area contributed by atoms with Gasteiger partial charge in [-0.1, -0.05) is 24.1 Å². The number of carbonyl (C=O) groups is 1. The minimum Gasteiger partial charge on any atom is -0.387 e. The van der Waals surface area contributed by atoms with Gasteiger partial charge in [0.25, 0.3) is 11.8 Å². The van der Waals surface area contributed by atoms with Crippen LogP contribution in [0.2, 0.25) is 0 Å². The lowest BCUT2D eigenvalue weighted by molar-refractivity contribution is -0.0612. The van der Waals surface area contributed by atoms with Crippen molar-refractivity contribution in [1.29, 1.82) is 0 Å². The molecular formula is C30H37F2N3O2S. The van der Waals surface area contributed by atoms with Crippen molar-refractivity contribution in [2.24, 2.45) is 5.41 Å². The molecular weight excluding hydrogens is 504 g/mol. The van der Waals surface area contributed by atoms with E-state index in [9.17, 15) is 18.7 Å². The fourth-order valence-corrected chi connectivity index (χ4v) is 7.21. The Morgan fingerprint density at radius 2 is 1.74 bits per heavy atom. The molecule has 2 aromatic rings. The van der Waals surface area contributed by atoms with Gasteiger partial charge in [0.2, 0.25) is 0 Å². The summed E-state index contributed by atoms with van der Waals surface area (Å²) in [7, 11) is 0. The molecule has 1 amide bonds. The molecule has 8 heteroatoms. The van der Waals surface area contributed by atoms with Crippen molar-refractivity contribution in [1.82, 2.24) is 4.90 Å². The highest BCUT2D eigenvalue weighted by Crippen LogP contribution is 2.62. The van der Waals surface area contributed by atoms with Gasteiger partial charge in [0, 0.05) is 67.6 Å². The number of β-amino-alcohol motifs (C(OH)–C–C–N with tert-alkyl or cyclic N) is 1. The number of nitrogens with one attached hydrogen (secondary N) is 1. The second kappa shape index (κ2) is 9.79. The van der Waals surface area contributed by atoms with Crippen LogP contribution in [-0.4, -0.2) is 54.3 Å². The summed E-state index contributed by atoms with van der Waals surface area (Å²) in [5.41, 5.74) is 5.09. The van der Waals surface area contributed by atoms with Crippen LogP contribution in [0.3, 0.4) is 0 Å². The zero-order chi connectivity index (χ0) is 26.5. The van der Waals surface area contributed by atoms with Gasteiger partial charge in [0.1, 0.15) is 0 Å². The molecule has 2 heterocycles. The molecule has 6 rings (SSSR count). The van der Waals surface area contributed by atoms with E-state index in [1.165, 1.54) is 31.2 Å². The highest BCUT2D eigenvalue weighted by atomic mass is 32.2. The number of alkyl halides is 2. The van der Waals surface area contributed by atoms with E-state index in [1.807, 2.05) is 40.3 Å². The Bertz CT molecular complexity index is 1200. The first-order chi connectivity index (χ1) is 18.2. The van der Waals surface area contributed by atoms with Crippen LogP contribution in [0.15, 0.2) is 42.5 Å². The van der Waals surface area contributed by atoms with E-state index in [0.717, 1.165) is 24.2 Å². The number of amides is 1. The van der Waals surface area contributed by atoms with E-state index < -0.39 is 12.0 Å². The first kappa shape index (κ1) is 26.1. The molecule has 1 unspecified atom stereocenters. The lowest BCUT2D eigenvalue weighted by atomic mass is 9.66. The Hall–Kier alpha value is -2.16. The van der Waals surface area contributed by atoms with Crippen LogP contribution in [0.4, 0.5) is 20.2 Å². The Morgan fingerprint density at radius 1 is 1.03 bits per heavy atom.